The van der Waals surface area contributed by atoms with Gasteiger partial charge in [0.1, 0.15) is 11.5 Å². The third kappa shape index (κ3) is 4.64. The molecule has 0 aliphatic heterocycles. The van der Waals surface area contributed by atoms with Gasteiger partial charge in [-0.05, 0) is 41.8 Å². The van der Waals surface area contributed by atoms with E-state index in [1.54, 1.807) is 25.3 Å². The molecule has 0 heterocycles. The van der Waals surface area contributed by atoms with Crippen molar-refractivity contribution in [2.24, 2.45) is 0 Å². The first-order chi connectivity index (χ1) is 11.0. The number of nitrogen functional groups attached to an aromatic ring is 1. The van der Waals surface area contributed by atoms with Gasteiger partial charge in [0.2, 0.25) is 0 Å². The van der Waals surface area contributed by atoms with Crippen LogP contribution in [-0.2, 0) is 4.79 Å². The Labute approximate surface area is 136 Å². The maximum absolute atomic E-state index is 12.0. The predicted octanol–water partition coefficient (Wildman–Crippen LogP) is 3.42. The number of anilines is 2. The number of methoxy groups -OCH3 is 1. The van der Waals surface area contributed by atoms with E-state index in [0.717, 1.165) is 0 Å². The zero-order valence-corrected chi connectivity index (χ0v) is 13.6. The minimum atomic E-state index is -0.246. The number of nitrogens with two attached hydrogens (primary N) is 1. The Kier molecular flexibility index (Phi) is 5.46. The van der Waals surface area contributed by atoms with Crippen molar-refractivity contribution >= 4 is 17.3 Å². The molecule has 2 aromatic rings. The van der Waals surface area contributed by atoms with Gasteiger partial charge in [0.05, 0.1) is 12.8 Å². The van der Waals surface area contributed by atoms with Crippen molar-refractivity contribution in [1.82, 2.24) is 0 Å². The molecule has 0 bridgehead atoms. The fourth-order valence-electron chi connectivity index (χ4n) is 2.12. The Hall–Kier alpha value is -2.69. The van der Waals surface area contributed by atoms with Gasteiger partial charge < -0.3 is 20.5 Å². The standard InChI is InChI=1S/C18H22N2O3/c1-12(2)13-5-4-6-15(9-13)23-11-18(21)20-14-7-8-17(22-3)16(19)10-14/h4-10,12H,11,19H2,1-3H3,(H,20,21). The Balaban J connectivity index is 1.92. The largest absolute Gasteiger partial charge is 0.495 e. The normalized spacial score (nSPS) is 10.4. The summed E-state index contributed by atoms with van der Waals surface area (Å²) in [6, 6.07) is 12.8. The van der Waals surface area contributed by atoms with Gasteiger partial charge in [-0.15, -0.1) is 0 Å². The summed E-state index contributed by atoms with van der Waals surface area (Å²) in [6.45, 7) is 4.16. The molecule has 122 valence electrons. The van der Waals surface area contributed by atoms with Crippen LogP contribution in [0.3, 0.4) is 0 Å². The Morgan fingerprint density at radius 2 is 2.00 bits per heavy atom. The van der Waals surface area contributed by atoms with E-state index in [1.165, 1.54) is 5.56 Å². The predicted molar refractivity (Wildman–Crippen MR) is 92.1 cm³/mol. The highest BCUT2D eigenvalue weighted by Gasteiger charge is 2.07. The number of rotatable bonds is 6. The molecule has 0 radical (unpaired) electrons. The van der Waals surface area contributed by atoms with Crippen LogP contribution in [0.5, 0.6) is 11.5 Å². The maximum atomic E-state index is 12.0. The van der Waals surface area contributed by atoms with Gasteiger partial charge in [-0.3, -0.25) is 4.79 Å². The Bertz CT molecular complexity index is 684. The topological polar surface area (TPSA) is 73.6 Å². The molecule has 2 aromatic carbocycles. The van der Waals surface area contributed by atoms with Crippen molar-refractivity contribution in [2.45, 2.75) is 19.8 Å². The van der Waals surface area contributed by atoms with Crippen LogP contribution in [-0.4, -0.2) is 19.6 Å². The second kappa shape index (κ2) is 7.54. The molecule has 2 rings (SSSR count). The molecule has 0 fully saturated rings. The zero-order valence-electron chi connectivity index (χ0n) is 13.6. The van der Waals surface area contributed by atoms with E-state index in [1.807, 2.05) is 24.3 Å². The van der Waals surface area contributed by atoms with Crippen LogP contribution in [0, 0.1) is 0 Å². The first kappa shape index (κ1) is 16.7. The van der Waals surface area contributed by atoms with Gasteiger partial charge in [0.25, 0.3) is 5.91 Å². The van der Waals surface area contributed by atoms with Gasteiger partial charge >= 0.3 is 0 Å². The summed E-state index contributed by atoms with van der Waals surface area (Å²) >= 11 is 0. The lowest BCUT2D eigenvalue weighted by Crippen LogP contribution is -2.20. The second-order valence-corrected chi connectivity index (χ2v) is 5.52. The van der Waals surface area contributed by atoms with E-state index in [2.05, 4.69) is 19.2 Å². The summed E-state index contributed by atoms with van der Waals surface area (Å²) in [5.41, 5.74) is 8.05. The number of benzene rings is 2. The smallest absolute Gasteiger partial charge is 0.262 e. The molecule has 0 unspecified atom stereocenters. The third-order valence-corrected chi connectivity index (χ3v) is 3.41. The molecule has 3 N–H and O–H groups in total. The van der Waals surface area contributed by atoms with Gasteiger partial charge in [0.15, 0.2) is 6.61 Å². The number of ether oxygens (including phenoxy) is 2. The third-order valence-electron chi connectivity index (χ3n) is 3.41. The molecule has 0 saturated carbocycles. The molecular formula is C18H22N2O3. The monoisotopic (exact) mass is 314 g/mol. The number of carbonyl (C=O) groups excluding carboxylic acids is 1. The highest BCUT2D eigenvalue weighted by atomic mass is 16.5. The van der Waals surface area contributed by atoms with Crippen molar-refractivity contribution in [3.8, 4) is 11.5 Å². The lowest BCUT2D eigenvalue weighted by atomic mass is 10.0. The van der Waals surface area contributed by atoms with Gasteiger partial charge in [-0.1, -0.05) is 26.0 Å². The van der Waals surface area contributed by atoms with Crippen LogP contribution in [0.2, 0.25) is 0 Å². The van der Waals surface area contributed by atoms with Crippen molar-refractivity contribution in [2.75, 3.05) is 24.8 Å². The van der Waals surface area contributed by atoms with Crippen molar-refractivity contribution in [3.63, 3.8) is 0 Å². The summed E-state index contributed by atoms with van der Waals surface area (Å²) in [6.07, 6.45) is 0. The Morgan fingerprint density at radius 3 is 2.65 bits per heavy atom. The molecule has 1 amide bonds. The lowest BCUT2D eigenvalue weighted by molar-refractivity contribution is -0.118. The molecule has 0 atom stereocenters. The van der Waals surface area contributed by atoms with Gasteiger partial charge in [0, 0.05) is 5.69 Å². The highest BCUT2D eigenvalue weighted by Crippen LogP contribution is 2.24. The SMILES string of the molecule is COc1ccc(NC(=O)COc2cccc(C(C)C)c2)cc1N. The number of hydrogen-bond donors (Lipinski definition) is 2. The highest BCUT2D eigenvalue weighted by molar-refractivity contribution is 5.92. The molecule has 5 heteroatoms. The van der Waals surface area contributed by atoms with Crippen molar-refractivity contribution in [1.29, 1.82) is 0 Å². The number of nitrogens with one attached hydrogen (secondary N) is 1. The first-order valence-electron chi connectivity index (χ1n) is 7.45. The second-order valence-electron chi connectivity index (χ2n) is 5.52. The average Bonchev–Trinajstić information content (AvgIpc) is 2.53. The summed E-state index contributed by atoms with van der Waals surface area (Å²) in [5.74, 6) is 1.42. The molecule has 5 nitrogen and oxygen atoms in total. The summed E-state index contributed by atoms with van der Waals surface area (Å²) < 4.78 is 10.6. The van der Waals surface area contributed by atoms with E-state index in [4.69, 9.17) is 15.2 Å². The average molecular weight is 314 g/mol. The fraction of sp³-hybridized carbons (Fsp3) is 0.278. The van der Waals surface area contributed by atoms with E-state index < -0.39 is 0 Å². The maximum Gasteiger partial charge on any atom is 0.262 e. The zero-order chi connectivity index (χ0) is 16.8. The van der Waals surface area contributed by atoms with Gasteiger partial charge in [-0.25, -0.2) is 0 Å². The molecule has 0 aliphatic carbocycles. The van der Waals surface area contributed by atoms with E-state index in [-0.39, 0.29) is 12.5 Å². The fourth-order valence-corrected chi connectivity index (χ4v) is 2.12. The molecule has 0 saturated heterocycles. The summed E-state index contributed by atoms with van der Waals surface area (Å²) in [5, 5.41) is 2.74. The molecule has 0 aliphatic rings. The number of hydrogen-bond acceptors (Lipinski definition) is 4. The minimum absolute atomic E-state index is 0.0620. The van der Waals surface area contributed by atoms with Crippen LogP contribution < -0.4 is 20.5 Å². The van der Waals surface area contributed by atoms with Crippen LogP contribution in [0.15, 0.2) is 42.5 Å². The van der Waals surface area contributed by atoms with Crippen molar-refractivity contribution < 1.29 is 14.3 Å². The Morgan fingerprint density at radius 1 is 1.22 bits per heavy atom. The van der Waals surface area contributed by atoms with Crippen molar-refractivity contribution in [3.05, 3.63) is 48.0 Å². The number of amides is 1. The van der Waals surface area contributed by atoms with Crippen LogP contribution in [0.25, 0.3) is 0 Å². The quantitative estimate of drug-likeness (QED) is 0.801. The van der Waals surface area contributed by atoms with Crippen LogP contribution in [0.4, 0.5) is 11.4 Å². The first-order valence-corrected chi connectivity index (χ1v) is 7.45. The van der Waals surface area contributed by atoms with E-state index in [9.17, 15) is 4.79 Å². The number of carbonyl (C=O) groups is 1. The molecule has 0 spiro atoms. The molecule has 0 aromatic heterocycles. The minimum Gasteiger partial charge on any atom is -0.495 e. The summed E-state index contributed by atoms with van der Waals surface area (Å²) in [4.78, 5) is 12.0. The lowest BCUT2D eigenvalue weighted by Gasteiger charge is -2.11. The van der Waals surface area contributed by atoms with Gasteiger partial charge in [-0.2, -0.15) is 0 Å². The summed E-state index contributed by atoms with van der Waals surface area (Å²) in [7, 11) is 1.54. The van der Waals surface area contributed by atoms with Crippen LogP contribution >= 0.6 is 0 Å². The van der Waals surface area contributed by atoms with Crippen LogP contribution in [0.1, 0.15) is 25.3 Å². The van der Waals surface area contributed by atoms with E-state index in [0.29, 0.717) is 28.8 Å². The van der Waals surface area contributed by atoms with E-state index >= 15 is 0 Å². The molecule has 23 heavy (non-hydrogen) atoms. The molecular weight excluding hydrogens is 292 g/mol.